The Kier molecular flexibility index (Phi) is 4.02. The topological polar surface area (TPSA) is 24.9 Å². The van der Waals surface area contributed by atoms with Gasteiger partial charge in [-0.1, -0.05) is 27.5 Å². The first-order valence-corrected chi connectivity index (χ1v) is 6.42. The largest absolute Gasteiger partial charge is 0.381 e. The van der Waals surface area contributed by atoms with Crippen LogP contribution in [0.15, 0.2) is 41.1 Å². The maximum atomic E-state index is 6.04. The molecule has 0 aliphatic carbocycles. The predicted molar refractivity (Wildman–Crippen MR) is 75.5 cm³/mol. The molecule has 0 aliphatic heterocycles. The van der Waals surface area contributed by atoms with Gasteiger partial charge in [0.2, 0.25) is 0 Å². The van der Waals surface area contributed by atoms with Crippen molar-refractivity contribution >= 4 is 33.2 Å². The lowest BCUT2D eigenvalue weighted by Crippen LogP contribution is -2.00. The first-order valence-electron chi connectivity index (χ1n) is 5.24. The summed E-state index contributed by atoms with van der Waals surface area (Å²) in [5.41, 5.74) is 3.33. The van der Waals surface area contributed by atoms with E-state index in [2.05, 4.69) is 45.3 Å². The van der Waals surface area contributed by atoms with Crippen LogP contribution in [-0.4, -0.2) is 4.98 Å². The Balaban J connectivity index is 2.10. The number of anilines is 1. The van der Waals surface area contributed by atoms with E-state index in [1.165, 1.54) is 5.56 Å². The molecule has 17 heavy (non-hydrogen) atoms. The minimum atomic E-state index is 0.687. The van der Waals surface area contributed by atoms with E-state index in [4.69, 9.17) is 11.6 Å². The van der Waals surface area contributed by atoms with Gasteiger partial charge >= 0.3 is 0 Å². The number of hydrogen-bond donors (Lipinski definition) is 1. The fraction of sp³-hybridized carbons (Fsp3) is 0.154. The maximum Gasteiger partial charge on any atom is 0.0639 e. The first kappa shape index (κ1) is 12.4. The minimum absolute atomic E-state index is 0.687. The van der Waals surface area contributed by atoms with E-state index in [-0.39, 0.29) is 0 Å². The van der Waals surface area contributed by atoms with Gasteiger partial charge in [0, 0.05) is 29.1 Å². The van der Waals surface area contributed by atoms with Crippen molar-refractivity contribution in [3.63, 3.8) is 0 Å². The van der Waals surface area contributed by atoms with Crippen LogP contribution in [0.3, 0.4) is 0 Å². The van der Waals surface area contributed by atoms with E-state index in [0.717, 1.165) is 15.7 Å². The van der Waals surface area contributed by atoms with Crippen molar-refractivity contribution in [1.82, 2.24) is 4.98 Å². The average Bonchev–Trinajstić information content (AvgIpc) is 2.27. The van der Waals surface area contributed by atoms with E-state index < -0.39 is 0 Å². The highest BCUT2D eigenvalue weighted by atomic mass is 79.9. The molecule has 88 valence electrons. The van der Waals surface area contributed by atoms with Gasteiger partial charge in [0.1, 0.15) is 0 Å². The summed E-state index contributed by atoms with van der Waals surface area (Å²) in [6, 6.07) is 8.13. The molecule has 0 saturated carbocycles. The van der Waals surface area contributed by atoms with Gasteiger partial charge in [0.25, 0.3) is 0 Å². The second-order valence-corrected chi connectivity index (χ2v) is 5.16. The third-order valence-electron chi connectivity index (χ3n) is 2.38. The number of aromatic nitrogens is 1. The van der Waals surface area contributed by atoms with E-state index >= 15 is 0 Å². The molecular formula is C13H12BrClN2. The van der Waals surface area contributed by atoms with Crippen LogP contribution >= 0.6 is 27.5 Å². The SMILES string of the molecule is Cc1cc(Br)cc(NCc2ccncc2Cl)c1. The van der Waals surface area contributed by atoms with Gasteiger partial charge in [-0.25, -0.2) is 0 Å². The van der Waals surface area contributed by atoms with Crippen molar-refractivity contribution in [3.05, 3.63) is 57.3 Å². The van der Waals surface area contributed by atoms with Crippen molar-refractivity contribution in [2.75, 3.05) is 5.32 Å². The summed E-state index contributed by atoms with van der Waals surface area (Å²) in [6.07, 6.45) is 3.40. The molecule has 0 saturated heterocycles. The molecule has 0 radical (unpaired) electrons. The Morgan fingerprint density at radius 1 is 1.35 bits per heavy atom. The van der Waals surface area contributed by atoms with E-state index in [0.29, 0.717) is 11.6 Å². The lowest BCUT2D eigenvalue weighted by atomic mass is 10.2. The molecule has 0 aliphatic rings. The fourth-order valence-electron chi connectivity index (χ4n) is 1.58. The maximum absolute atomic E-state index is 6.04. The minimum Gasteiger partial charge on any atom is -0.381 e. The van der Waals surface area contributed by atoms with Gasteiger partial charge in [-0.2, -0.15) is 0 Å². The summed E-state index contributed by atoms with van der Waals surface area (Å²) in [7, 11) is 0. The first-order chi connectivity index (χ1) is 8.15. The van der Waals surface area contributed by atoms with Crippen LogP contribution in [0.1, 0.15) is 11.1 Å². The number of benzene rings is 1. The Morgan fingerprint density at radius 2 is 2.18 bits per heavy atom. The molecule has 1 N–H and O–H groups in total. The predicted octanol–water partition coefficient (Wildman–Crippen LogP) is 4.42. The van der Waals surface area contributed by atoms with Gasteiger partial charge in [-0.15, -0.1) is 0 Å². The summed E-state index contributed by atoms with van der Waals surface area (Å²) in [5, 5.41) is 4.03. The summed E-state index contributed by atoms with van der Waals surface area (Å²) >= 11 is 9.52. The van der Waals surface area contributed by atoms with Crippen LogP contribution in [0.4, 0.5) is 5.69 Å². The molecule has 0 unspecified atom stereocenters. The quantitative estimate of drug-likeness (QED) is 0.907. The fourth-order valence-corrected chi connectivity index (χ4v) is 2.38. The third kappa shape index (κ3) is 3.45. The van der Waals surface area contributed by atoms with Crippen molar-refractivity contribution in [1.29, 1.82) is 0 Å². The zero-order chi connectivity index (χ0) is 12.3. The molecule has 0 atom stereocenters. The Labute approximate surface area is 114 Å². The number of nitrogens with one attached hydrogen (secondary N) is 1. The van der Waals surface area contributed by atoms with Gasteiger partial charge in [-0.05, 0) is 42.3 Å². The molecule has 1 aromatic heterocycles. The molecule has 1 heterocycles. The Hall–Kier alpha value is -1.06. The van der Waals surface area contributed by atoms with Gasteiger partial charge < -0.3 is 5.32 Å². The molecular weight excluding hydrogens is 300 g/mol. The van der Waals surface area contributed by atoms with Crippen LogP contribution in [0.25, 0.3) is 0 Å². The van der Waals surface area contributed by atoms with Gasteiger partial charge in [-0.3, -0.25) is 4.98 Å². The molecule has 2 aromatic rings. The van der Waals surface area contributed by atoms with Crippen LogP contribution in [0.2, 0.25) is 5.02 Å². The zero-order valence-electron chi connectivity index (χ0n) is 9.37. The van der Waals surface area contributed by atoms with Crippen LogP contribution < -0.4 is 5.32 Å². The smallest absolute Gasteiger partial charge is 0.0639 e. The molecule has 1 aromatic carbocycles. The van der Waals surface area contributed by atoms with Crippen molar-refractivity contribution in [2.24, 2.45) is 0 Å². The summed E-state index contributed by atoms with van der Waals surface area (Å²) in [4.78, 5) is 3.96. The van der Waals surface area contributed by atoms with E-state index in [1.54, 1.807) is 12.4 Å². The highest BCUT2D eigenvalue weighted by Crippen LogP contribution is 2.21. The van der Waals surface area contributed by atoms with Crippen LogP contribution in [0.5, 0.6) is 0 Å². The molecule has 0 amide bonds. The monoisotopic (exact) mass is 310 g/mol. The molecule has 2 nitrogen and oxygen atoms in total. The summed E-state index contributed by atoms with van der Waals surface area (Å²) in [6.45, 7) is 2.76. The summed E-state index contributed by atoms with van der Waals surface area (Å²) in [5.74, 6) is 0. The number of nitrogens with zero attached hydrogens (tertiary/aromatic N) is 1. The van der Waals surface area contributed by atoms with Crippen LogP contribution in [-0.2, 0) is 6.54 Å². The van der Waals surface area contributed by atoms with E-state index in [1.807, 2.05) is 12.1 Å². The lowest BCUT2D eigenvalue weighted by molar-refractivity contribution is 1.12. The molecule has 0 fully saturated rings. The second-order valence-electron chi connectivity index (χ2n) is 3.84. The van der Waals surface area contributed by atoms with E-state index in [9.17, 15) is 0 Å². The molecule has 0 spiro atoms. The Bertz CT molecular complexity index is 508. The standard InChI is InChI=1S/C13H12BrClN2/c1-9-4-11(14)6-12(5-9)17-7-10-2-3-16-8-13(10)15/h2-6,8,17H,7H2,1H3. The van der Waals surface area contributed by atoms with Gasteiger partial charge in [0.05, 0.1) is 5.02 Å². The number of hydrogen-bond acceptors (Lipinski definition) is 2. The Morgan fingerprint density at radius 3 is 2.88 bits per heavy atom. The molecule has 4 heteroatoms. The third-order valence-corrected chi connectivity index (χ3v) is 3.18. The van der Waals surface area contributed by atoms with Crippen LogP contribution in [0, 0.1) is 6.92 Å². The normalized spacial score (nSPS) is 10.3. The number of rotatable bonds is 3. The average molecular weight is 312 g/mol. The van der Waals surface area contributed by atoms with Gasteiger partial charge in [0.15, 0.2) is 0 Å². The van der Waals surface area contributed by atoms with Crippen molar-refractivity contribution < 1.29 is 0 Å². The molecule has 0 bridgehead atoms. The number of pyridine rings is 1. The molecule has 2 rings (SSSR count). The number of aryl methyl sites for hydroxylation is 1. The zero-order valence-corrected chi connectivity index (χ0v) is 11.7. The van der Waals surface area contributed by atoms with Crippen molar-refractivity contribution in [3.8, 4) is 0 Å². The summed E-state index contributed by atoms with van der Waals surface area (Å²) < 4.78 is 1.07. The lowest BCUT2D eigenvalue weighted by Gasteiger charge is -2.09. The van der Waals surface area contributed by atoms with Crippen molar-refractivity contribution in [2.45, 2.75) is 13.5 Å². The second kappa shape index (κ2) is 5.52. The highest BCUT2D eigenvalue weighted by molar-refractivity contribution is 9.10. The highest BCUT2D eigenvalue weighted by Gasteiger charge is 2.00. The number of halogens is 2.